The van der Waals surface area contributed by atoms with E-state index in [1.807, 2.05) is 0 Å². The second-order valence-electron chi connectivity index (χ2n) is 5.60. The van der Waals surface area contributed by atoms with Crippen molar-refractivity contribution in [1.29, 1.82) is 0 Å². The minimum Gasteiger partial charge on any atom is -0.467 e. The number of carbonyl (C=O) groups excluding carboxylic acids is 2. The molecule has 0 aliphatic carbocycles. The maximum absolute atomic E-state index is 12.7. The van der Waals surface area contributed by atoms with Crippen LogP contribution in [0.5, 0.6) is 0 Å². The quantitative estimate of drug-likeness (QED) is 0.600. The van der Waals surface area contributed by atoms with Crippen molar-refractivity contribution in [3.63, 3.8) is 0 Å². The Kier molecular flexibility index (Phi) is 5.84. The average Bonchev–Trinajstić information content (AvgIpc) is 3.02. The molecule has 0 saturated carbocycles. The lowest BCUT2D eigenvalue weighted by atomic mass is 10.1. The highest BCUT2D eigenvalue weighted by Gasteiger charge is 2.40. The summed E-state index contributed by atoms with van der Waals surface area (Å²) in [7, 11) is 1.22. The lowest BCUT2D eigenvalue weighted by Gasteiger charge is -2.20. The normalized spacial score (nSPS) is 20.4. The number of nitrogens with zero attached hydrogens (tertiary/aromatic N) is 1. The first-order valence-electron chi connectivity index (χ1n) is 7.55. The molecule has 2 rings (SSSR count). The van der Waals surface area contributed by atoms with Crippen LogP contribution in [-0.4, -0.2) is 42.6 Å². The molecule has 136 valence electrons. The van der Waals surface area contributed by atoms with Gasteiger partial charge in [-0.15, -0.1) is 0 Å². The van der Waals surface area contributed by atoms with Crippen LogP contribution in [0.3, 0.4) is 0 Å². The highest BCUT2D eigenvalue weighted by atomic mass is 19.4. The molecule has 1 aromatic rings. The van der Waals surface area contributed by atoms with Crippen molar-refractivity contribution in [1.82, 2.24) is 4.90 Å². The van der Waals surface area contributed by atoms with E-state index in [4.69, 9.17) is 4.74 Å². The van der Waals surface area contributed by atoms with Crippen LogP contribution in [0.1, 0.15) is 17.5 Å². The minimum atomic E-state index is -4.42. The monoisotopic (exact) mass is 357 g/mol. The van der Waals surface area contributed by atoms with Gasteiger partial charge >= 0.3 is 12.1 Å². The first-order chi connectivity index (χ1) is 11.8. The fourth-order valence-corrected chi connectivity index (χ4v) is 2.69. The molecule has 0 aromatic heterocycles. The Morgan fingerprint density at radius 2 is 2.12 bits per heavy atom. The highest BCUT2D eigenvalue weighted by molar-refractivity contribution is 5.91. The average molecular weight is 357 g/mol. The Hall–Kier alpha value is -2.35. The van der Waals surface area contributed by atoms with Gasteiger partial charge in [0.05, 0.1) is 25.4 Å². The number of hydrogen-bond donors (Lipinski definition) is 0. The van der Waals surface area contributed by atoms with Gasteiger partial charge in [-0.3, -0.25) is 4.79 Å². The Balaban J connectivity index is 2.03. The molecular weight excluding hydrogens is 339 g/mol. The lowest BCUT2D eigenvalue weighted by Crippen LogP contribution is -2.40. The molecule has 0 bridgehead atoms. The number of halogens is 3. The molecule has 0 unspecified atom stereocenters. The van der Waals surface area contributed by atoms with E-state index >= 15 is 0 Å². The number of esters is 1. The predicted octanol–water partition coefficient (Wildman–Crippen LogP) is 2.55. The fraction of sp³-hybridized carbons (Fsp3) is 0.412. The van der Waals surface area contributed by atoms with Crippen molar-refractivity contribution >= 4 is 11.9 Å². The SMILES string of the molecule is C=CC(=O)N1C[C@H](OCc2cccc(C(F)(F)F)c2)C[C@H]1C(=O)OC. The number of likely N-dealkylation sites (tertiary alicyclic amines) is 1. The number of carbonyl (C=O) groups is 2. The Labute approximate surface area is 143 Å². The second-order valence-corrected chi connectivity index (χ2v) is 5.60. The van der Waals surface area contributed by atoms with Crippen molar-refractivity contribution in [3.8, 4) is 0 Å². The van der Waals surface area contributed by atoms with Crippen LogP contribution in [0.15, 0.2) is 36.9 Å². The van der Waals surface area contributed by atoms with E-state index in [0.29, 0.717) is 5.56 Å². The summed E-state index contributed by atoms with van der Waals surface area (Å²) >= 11 is 0. The number of ether oxygens (including phenoxy) is 2. The third-order valence-corrected chi connectivity index (χ3v) is 3.93. The second kappa shape index (κ2) is 7.69. The van der Waals surface area contributed by atoms with Gasteiger partial charge < -0.3 is 14.4 Å². The van der Waals surface area contributed by atoms with Crippen LogP contribution in [-0.2, 0) is 31.8 Å². The molecule has 0 radical (unpaired) electrons. The van der Waals surface area contributed by atoms with Gasteiger partial charge in [0.1, 0.15) is 6.04 Å². The van der Waals surface area contributed by atoms with E-state index in [-0.39, 0.29) is 19.6 Å². The molecule has 1 aliphatic heterocycles. The summed E-state index contributed by atoms with van der Waals surface area (Å²) in [4.78, 5) is 24.9. The van der Waals surface area contributed by atoms with Gasteiger partial charge in [-0.25, -0.2) is 4.79 Å². The maximum atomic E-state index is 12.7. The van der Waals surface area contributed by atoms with E-state index in [0.717, 1.165) is 18.2 Å². The van der Waals surface area contributed by atoms with Crippen LogP contribution < -0.4 is 0 Å². The smallest absolute Gasteiger partial charge is 0.416 e. The number of rotatable bonds is 5. The standard InChI is InChI=1S/C17H18F3NO4/c1-3-15(22)21-9-13(8-14(21)16(23)24-2)25-10-11-5-4-6-12(7-11)17(18,19)20/h3-7,13-14H,1,8-10H2,2H3/t13-,14+/m1/s1. The maximum Gasteiger partial charge on any atom is 0.416 e. The summed E-state index contributed by atoms with van der Waals surface area (Å²) < 4.78 is 48.4. The number of alkyl halides is 3. The molecule has 1 heterocycles. The first kappa shape index (κ1) is 19.0. The molecular formula is C17H18F3NO4. The summed E-state index contributed by atoms with van der Waals surface area (Å²) in [6, 6.07) is 4.04. The fourth-order valence-electron chi connectivity index (χ4n) is 2.69. The van der Waals surface area contributed by atoms with Crippen LogP contribution in [0, 0.1) is 0 Å². The number of methoxy groups -OCH3 is 1. The van der Waals surface area contributed by atoms with Gasteiger partial charge in [0.25, 0.3) is 0 Å². The third-order valence-electron chi connectivity index (χ3n) is 3.93. The van der Waals surface area contributed by atoms with Crippen LogP contribution in [0.25, 0.3) is 0 Å². The largest absolute Gasteiger partial charge is 0.467 e. The van der Waals surface area contributed by atoms with Crippen molar-refractivity contribution < 1.29 is 32.2 Å². The summed E-state index contributed by atoms with van der Waals surface area (Å²) in [6.07, 6.45) is -3.61. The summed E-state index contributed by atoms with van der Waals surface area (Å²) in [5, 5.41) is 0. The topological polar surface area (TPSA) is 55.8 Å². The van der Waals surface area contributed by atoms with Crippen molar-refractivity contribution in [2.75, 3.05) is 13.7 Å². The van der Waals surface area contributed by atoms with Crippen molar-refractivity contribution in [2.45, 2.75) is 31.3 Å². The van der Waals surface area contributed by atoms with Crippen LogP contribution in [0.4, 0.5) is 13.2 Å². The summed E-state index contributed by atoms with van der Waals surface area (Å²) in [6.45, 7) is 3.47. The lowest BCUT2D eigenvalue weighted by molar-refractivity contribution is -0.149. The van der Waals surface area contributed by atoms with Gasteiger partial charge in [-0.1, -0.05) is 18.7 Å². The predicted molar refractivity (Wildman–Crippen MR) is 82.4 cm³/mol. The van der Waals surface area contributed by atoms with Crippen molar-refractivity contribution in [2.24, 2.45) is 0 Å². The zero-order valence-electron chi connectivity index (χ0n) is 13.6. The Morgan fingerprint density at radius 1 is 1.40 bits per heavy atom. The van der Waals surface area contributed by atoms with E-state index in [1.165, 1.54) is 24.1 Å². The minimum absolute atomic E-state index is 0.0569. The number of amides is 1. The molecule has 8 heteroatoms. The van der Waals surface area contributed by atoms with Crippen molar-refractivity contribution in [3.05, 3.63) is 48.0 Å². The Bertz CT molecular complexity index is 660. The zero-order valence-corrected chi connectivity index (χ0v) is 13.6. The van der Waals surface area contributed by atoms with E-state index in [2.05, 4.69) is 11.3 Å². The molecule has 0 spiro atoms. The highest BCUT2D eigenvalue weighted by Crippen LogP contribution is 2.30. The molecule has 2 atom stereocenters. The molecule has 1 amide bonds. The van der Waals surface area contributed by atoms with Crippen LogP contribution >= 0.6 is 0 Å². The van der Waals surface area contributed by atoms with Gasteiger partial charge in [0, 0.05) is 13.0 Å². The van der Waals surface area contributed by atoms with E-state index in [1.54, 1.807) is 0 Å². The first-order valence-corrected chi connectivity index (χ1v) is 7.55. The molecule has 25 heavy (non-hydrogen) atoms. The van der Waals surface area contributed by atoms with Gasteiger partial charge in [-0.05, 0) is 23.8 Å². The molecule has 0 N–H and O–H groups in total. The molecule has 1 aliphatic rings. The molecule has 5 nitrogen and oxygen atoms in total. The number of hydrogen-bond acceptors (Lipinski definition) is 4. The summed E-state index contributed by atoms with van der Waals surface area (Å²) in [5.41, 5.74) is -0.395. The van der Waals surface area contributed by atoms with E-state index in [9.17, 15) is 22.8 Å². The zero-order chi connectivity index (χ0) is 18.6. The third kappa shape index (κ3) is 4.60. The van der Waals surface area contributed by atoms with Gasteiger partial charge in [0.15, 0.2) is 0 Å². The molecule has 1 fully saturated rings. The van der Waals surface area contributed by atoms with Crippen LogP contribution in [0.2, 0.25) is 0 Å². The van der Waals surface area contributed by atoms with Gasteiger partial charge in [-0.2, -0.15) is 13.2 Å². The molecule has 1 aromatic carbocycles. The summed E-state index contributed by atoms with van der Waals surface area (Å²) in [5.74, 6) is -0.999. The van der Waals surface area contributed by atoms with Gasteiger partial charge in [0.2, 0.25) is 5.91 Å². The van der Waals surface area contributed by atoms with E-state index < -0.39 is 35.8 Å². The number of benzene rings is 1. The Morgan fingerprint density at radius 3 is 2.72 bits per heavy atom. The molecule has 1 saturated heterocycles.